The summed E-state index contributed by atoms with van der Waals surface area (Å²) in [5, 5.41) is 9.44. The standard InChI is InChI=1S/C21H30N2O7S2/c1-6-23(7-2)32(27,28)18-8-9-21(30-15(3)4)20(13-18)22-31(25,26)19-11-16(14-24)10-17(12-19)29-5/h8-13,15,22,24H,6-7,14H2,1-5H3. The lowest BCUT2D eigenvalue weighted by atomic mass is 10.2. The molecule has 0 aromatic heterocycles. The van der Waals surface area contributed by atoms with E-state index >= 15 is 0 Å². The summed E-state index contributed by atoms with van der Waals surface area (Å²) in [6.45, 7) is 7.17. The second kappa shape index (κ2) is 10.5. The fourth-order valence-electron chi connectivity index (χ4n) is 3.02. The van der Waals surface area contributed by atoms with E-state index in [-0.39, 0.29) is 52.8 Å². The quantitative estimate of drug-likeness (QED) is 0.501. The van der Waals surface area contributed by atoms with E-state index < -0.39 is 20.0 Å². The number of anilines is 1. The van der Waals surface area contributed by atoms with Gasteiger partial charge in [0.2, 0.25) is 10.0 Å². The van der Waals surface area contributed by atoms with Crippen LogP contribution in [-0.4, -0.2) is 52.6 Å². The van der Waals surface area contributed by atoms with Crippen LogP contribution in [0.4, 0.5) is 5.69 Å². The minimum atomic E-state index is -4.16. The molecule has 11 heteroatoms. The van der Waals surface area contributed by atoms with Crippen molar-refractivity contribution < 1.29 is 31.4 Å². The predicted octanol–water partition coefficient (Wildman–Crippen LogP) is 2.81. The minimum Gasteiger partial charge on any atom is -0.497 e. The lowest BCUT2D eigenvalue weighted by Crippen LogP contribution is -2.30. The number of hydrogen-bond acceptors (Lipinski definition) is 7. The molecule has 0 amide bonds. The first-order valence-electron chi connectivity index (χ1n) is 10.1. The van der Waals surface area contributed by atoms with Gasteiger partial charge in [0.1, 0.15) is 11.5 Å². The summed E-state index contributed by atoms with van der Waals surface area (Å²) < 4.78 is 66.7. The Morgan fingerprint density at radius 2 is 1.66 bits per heavy atom. The van der Waals surface area contributed by atoms with Gasteiger partial charge in [-0.15, -0.1) is 0 Å². The van der Waals surface area contributed by atoms with Crippen LogP contribution in [0.1, 0.15) is 33.3 Å². The van der Waals surface area contributed by atoms with Gasteiger partial charge in [-0.2, -0.15) is 4.31 Å². The average Bonchev–Trinajstić information content (AvgIpc) is 2.74. The molecule has 0 saturated heterocycles. The summed E-state index contributed by atoms with van der Waals surface area (Å²) in [6.07, 6.45) is -0.277. The maximum absolute atomic E-state index is 13.1. The van der Waals surface area contributed by atoms with E-state index in [0.717, 1.165) is 0 Å². The van der Waals surface area contributed by atoms with Gasteiger partial charge in [0.25, 0.3) is 10.0 Å². The van der Waals surface area contributed by atoms with E-state index in [4.69, 9.17) is 9.47 Å². The highest BCUT2D eigenvalue weighted by atomic mass is 32.2. The topological polar surface area (TPSA) is 122 Å². The molecule has 0 radical (unpaired) electrons. The Balaban J connectivity index is 2.59. The third-order valence-electron chi connectivity index (χ3n) is 4.57. The van der Waals surface area contributed by atoms with E-state index in [1.165, 1.54) is 47.8 Å². The summed E-state index contributed by atoms with van der Waals surface area (Å²) >= 11 is 0. The molecule has 0 atom stereocenters. The highest BCUT2D eigenvalue weighted by Crippen LogP contribution is 2.32. The second-order valence-electron chi connectivity index (χ2n) is 7.19. The van der Waals surface area contributed by atoms with Crippen molar-refractivity contribution >= 4 is 25.7 Å². The van der Waals surface area contributed by atoms with E-state index in [1.54, 1.807) is 27.7 Å². The summed E-state index contributed by atoms with van der Waals surface area (Å²) in [6, 6.07) is 8.20. The number of aliphatic hydroxyl groups excluding tert-OH is 1. The van der Waals surface area contributed by atoms with Gasteiger partial charge < -0.3 is 14.6 Å². The number of nitrogens with zero attached hydrogens (tertiary/aromatic N) is 1. The van der Waals surface area contributed by atoms with Gasteiger partial charge in [-0.1, -0.05) is 13.8 Å². The number of methoxy groups -OCH3 is 1. The number of ether oxygens (including phenoxy) is 2. The zero-order chi connectivity index (χ0) is 24.1. The molecule has 2 rings (SSSR count). The molecule has 0 spiro atoms. The van der Waals surface area contributed by atoms with Gasteiger partial charge in [-0.3, -0.25) is 4.72 Å². The SMILES string of the molecule is CCN(CC)S(=O)(=O)c1ccc(OC(C)C)c(NS(=O)(=O)c2cc(CO)cc(OC)c2)c1. The first-order chi connectivity index (χ1) is 15.0. The van der Waals surface area contributed by atoms with Crippen molar-refractivity contribution in [1.29, 1.82) is 0 Å². The van der Waals surface area contributed by atoms with Crippen LogP contribution in [0.2, 0.25) is 0 Å². The van der Waals surface area contributed by atoms with Gasteiger partial charge in [-0.05, 0) is 49.7 Å². The molecule has 2 N–H and O–H groups in total. The number of sulfonamides is 2. The third-order valence-corrected chi connectivity index (χ3v) is 7.96. The molecule has 9 nitrogen and oxygen atoms in total. The van der Waals surface area contributed by atoms with Crippen LogP contribution in [0.3, 0.4) is 0 Å². The summed E-state index contributed by atoms with van der Waals surface area (Å²) in [7, 11) is -6.60. The predicted molar refractivity (Wildman–Crippen MR) is 122 cm³/mol. The Labute approximate surface area is 190 Å². The van der Waals surface area contributed by atoms with Crippen LogP contribution in [-0.2, 0) is 26.7 Å². The molecule has 32 heavy (non-hydrogen) atoms. The van der Waals surface area contributed by atoms with Crippen LogP contribution >= 0.6 is 0 Å². The van der Waals surface area contributed by atoms with Crippen molar-refractivity contribution in [2.45, 2.75) is 50.2 Å². The minimum absolute atomic E-state index is 0.0136. The molecule has 0 aliphatic carbocycles. The first-order valence-corrected chi connectivity index (χ1v) is 13.0. The van der Waals surface area contributed by atoms with Gasteiger partial charge in [-0.25, -0.2) is 16.8 Å². The molecule has 0 unspecified atom stereocenters. The molecule has 2 aromatic carbocycles. The van der Waals surface area contributed by atoms with Crippen molar-refractivity contribution in [1.82, 2.24) is 4.31 Å². The second-order valence-corrected chi connectivity index (χ2v) is 10.8. The van der Waals surface area contributed by atoms with Crippen molar-refractivity contribution in [3.05, 3.63) is 42.0 Å². The zero-order valence-corrected chi connectivity index (χ0v) is 20.5. The maximum Gasteiger partial charge on any atom is 0.262 e. The fraction of sp³-hybridized carbons (Fsp3) is 0.429. The number of benzene rings is 2. The molecule has 0 fully saturated rings. The third kappa shape index (κ3) is 5.91. The Hall–Kier alpha value is -2.34. The van der Waals surface area contributed by atoms with Crippen LogP contribution < -0.4 is 14.2 Å². The Kier molecular flexibility index (Phi) is 8.52. The van der Waals surface area contributed by atoms with Gasteiger partial charge in [0.05, 0.1) is 35.3 Å². The lowest BCUT2D eigenvalue weighted by Gasteiger charge is -2.21. The largest absolute Gasteiger partial charge is 0.497 e. The molecule has 178 valence electrons. The van der Waals surface area contributed by atoms with E-state index in [1.807, 2.05) is 0 Å². The Bertz CT molecular complexity index is 1120. The van der Waals surface area contributed by atoms with Crippen molar-refractivity contribution in [2.24, 2.45) is 0 Å². The smallest absolute Gasteiger partial charge is 0.262 e. The van der Waals surface area contributed by atoms with Crippen molar-refractivity contribution in [2.75, 3.05) is 24.9 Å². The van der Waals surface area contributed by atoms with Crippen molar-refractivity contribution in [3.8, 4) is 11.5 Å². The van der Waals surface area contributed by atoms with E-state index in [0.29, 0.717) is 5.56 Å². The number of nitrogens with one attached hydrogen (secondary N) is 1. The number of aliphatic hydroxyl groups is 1. The Morgan fingerprint density at radius 3 is 2.19 bits per heavy atom. The van der Waals surface area contributed by atoms with Crippen LogP contribution in [0, 0.1) is 0 Å². The van der Waals surface area contributed by atoms with Gasteiger partial charge in [0.15, 0.2) is 0 Å². The molecular weight excluding hydrogens is 456 g/mol. The molecule has 0 bridgehead atoms. The average molecular weight is 487 g/mol. The van der Waals surface area contributed by atoms with Gasteiger partial charge >= 0.3 is 0 Å². The van der Waals surface area contributed by atoms with E-state index in [2.05, 4.69) is 4.72 Å². The zero-order valence-electron chi connectivity index (χ0n) is 18.8. The van der Waals surface area contributed by atoms with Crippen molar-refractivity contribution in [3.63, 3.8) is 0 Å². The monoisotopic (exact) mass is 486 g/mol. The van der Waals surface area contributed by atoms with Gasteiger partial charge in [0, 0.05) is 19.2 Å². The normalized spacial score (nSPS) is 12.2. The fourth-order valence-corrected chi connectivity index (χ4v) is 5.65. The number of hydrogen-bond donors (Lipinski definition) is 2. The highest BCUT2D eigenvalue weighted by Gasteiger charge is 2.25. The van der Waals surface area contributed by atoms with E-state index in [9.17, 15) is 21.9 Å². The summed E-state index contributed by atoms with van der Waals surface area (Å²) in [4.78, 5) is -0.204. The maximum atomic E-state index is 13.1. The molecule has 0 heterocycles. The molecule has 0 saturated carbocycles. The van der Waals surface area contributed by atoms with Crippen LogP contribution in [0.5, 0.6) is 11.5 Å². The molecule has 0 aliphatic heterocycles. The summed E-state index contributed by atoms with van der Waals surface area (Å²) in [5.41, 5.74) is 0.335. The molecule has 0 aliphatic rings. The van der Waals surface area contributed by atoms with Crippen LogP contribution in [0.15, 0.2) is 46.2 Å². The van der Waals surface area contributed by atoms with Crippen LogP contribution in [0.25, 0.3) is 0 Å². The highest BCUT2D eigenvalue weighted by molar-refractivity contribution is 7.92. The first kappa shape index (κ1) is 25.9. The lowest BCUT2D eigenvalue weighted by molar-refractivity contribution is 0.243. The Morgan fingerprint density at radius 1 is 1.00 bits per heavy atom. The number of rotatable bonds is 11. The summed E-state index contributed by atoms with van der Waals surface area (Å²) in [5.74, 6) is 0.445. The molecular formula is C21H30N2O7S2. The molecule has 2 aromatic rings.